The van der Waals surface area contributed by atoms with Crippen LogP contribution in [-0.2, 0) is 9.53 Å². The number of hydrogen-bond donors (Lipinski definition) is 1. The van der Waals surface area contributed by atoms with Crippen molar-refractivity contribution < 1.29 is 14.3 Å². The Kier molecular flexibility index (Phi) is 6.38. The van der Waals surface area contributed by atoms with Crippen LogP contribution in [0.25, 0.3) is 0 Å². The lowest BCUT2D eigenvalue weighted by Crippen LogP contribution is -2.59. The van der Waals surface area contributed by atoms with E-state index in [0.29, 0.717) is 29.6 Å². The molecule has 0 aliphatic heterocycles. The number of ether oxygens (including phenoxy) is 1. The Morgan fingerprint density at radius 2 is 1.89 bits per heavy atom. The van der Waals surface area contributed by atoms with Gasteiger partial charge in [-0.05, 0) is 82.0 Å². The van der Waals surface area contributed by atoms with Crippen LogP contribution in [0.1, 0.15) is 87.5 Å². The topological polar surface area (TPSA) is 55.4 Å². The third-order valence-corrected chi connectivity index (χ3v) is 7.42. The van der Waals surface area contributed by atoms with Crippen LogP contribution in [0, 0.1) is 35.0 Å². The molecule has 6 atom stereocenters. The molecule has 0 heterocycles. The Bertz CT molecular complexity index is 552. The molecule has 156 valence electrons. The van der Waals surface area contributed by atoms with E-state index >= 15 is 0 Å². The molecule has 0 spiro atoms. The number of rotatable bonds is 8. The molecule has 1 amide bonds. The summed E-state index contributed by atoms with van der Waals surface area (Å²) in [5.74, 6) is 3.18. The maximum absolute atomic E-state index is 12.4. The van der Waals surface area contributed by atoms with Gasteiger partial charge in [0.05, 0.1) is 5.54 Å². The number of carbonyl (C=O) groups excluding carboxylic acids is 2. The molecule has 27 heavy (non-hydrogen) atoms. The highest BCUT2D eigenvalue weighted by atomic mass is 16.6. The van der Waals surface area contributed by atoms with Gasteiger partial charge in [0.2, 0.25) is 0 Å². The first kappa shape index (κ1) is 22.2. The van der Waals surface area contributed by atoms with Crippen molar-refractivity contribution in [2.24, 2.45) is 35.0 Å². The third-order valence-electron chi connectivity index (χ3n) is 7.42. The third kappa shape index (κ3) is 4.68. The normalized spacial score (nSPS) is 33.6. The lowest BCUT2D eigenvalue weighted by atomic mass is 9.57. The first-order chi connectivity index (χ1) is 12.4. The molecule has 0 aromatic rings. The van der Waals surface area contributed by atoms with Gasteiger partial charge >= 0.3 is 6.09 Å². The highest BCUT2D eigenvalue weighted by molar-refractivity contribution is 5.70. The van der Waals surface area contributed by atoms with E-state index in [9.17, 15) is 9.59 Å². The molecule has 2 aliphatic rings. The van der Waals surface area contributed by atoms with E-state index in [1.165, 1.54) is 19.3 Å². The monoisotopic (exact) mass is 379 g/mol. The summed E-state index contributed by atoms with van der Waals surface area (Å²) in [5.41, 5.74) is -0.708. The minimum atomic E-state index is -0.537. The molecule has 2 fully saturated rings. The molecule has 0 aromatic heterocycles. The zero-order valence-corrected chi connectivity index (χ0v) is 18.7. The summed E-state index contributed by atoms with van der Waals surface area (Å²) < 4.78 is 5.48. The molecule has 0 radical (unpaired) electrons. The summed E-state index contributed by atoms with van der Waals surface area (Å²) >= 11 is 0. The van der Waals surface area contributed by atoms with Gasteiger partial charge in [-0.25, -0.2) is 4.79 Å². The van der Waals surface area contributed by atoms with Crippen molar-refractivity contribution in [3.8, 4) is 0 Å². The standard InChI is InChI=1S/C23H41NO3/c1-9-16(15(2)3)19-14-22(19,7)17-10-11-18(17)23(8,12-13-25)24-20(26)27-21(4,5)6/h13,15-19H,9-12,14H2,1-8H3,(H,24,26). The van der Waals surface area contributed by atoms with E-state index in [2.05, 4.69) is 33.0 Å². The van der Waals surface area contributed by atoms with Gasteiger partial charge in [-0.1, -0.05) is 34.1 Å². The molecular weight excluding hydrogens is 338 g/mol. The molecule has 0 aromatic carbocycles. The molecule has 0 bridgehead atoms. The van der Waals surface area contributed by atoms with E-state index in [1.807, 2.05) is 27.7 Å². The van der Waals surface area contributed by atoms with Crippen LogP contribution >= 0.6 is 0 Å². The first-order valence-electron chi connectivity index (χ1n) is 10.8. The highest BCUT2D eigenvalue weighted by Gasteiger charge is 2.63. The molecule has 0 saturated heterocycles. The van der Waals surface area contributed by atoms with E-state index in [-0.39, 0.29) is 0 Å². The number of nitrogens with one attached hydrogen (secondary N) is 1. The predicted molar refractivity (Wildman–Crippen MR) is 110 cm³/mol. The summed E-state index contributed by atoms with van der Waals surface area (Å²) in [4.78, 5) is 23.8. The van der Waals surface area contributed by atoms with Gasteiger partial charge in [-0.3, -0.25) is 0 Å². The van der Waals surface area contributed by atoms with Crippen LogP contribution in [0.5, 0.6) is 0 Å². The molecule has 1 N–H and O–H groups in total. The van der Waals surface area contributed by atoms with Gasteiger partial charge in [0.25, 0.3) is 0 Å². The average molecular weight is 380 g/mol. The van der Waals surface area contributed by atoms with Gasteiger partial charge in [-0.2, -0.15) is 0 Å². The van der Waals surface area contributed by atoms with Crippen LogP contribution in [0.2, 0.25) is 0 Å². The van der Waals surface area contributed by atoms with Crippen molar-refractivity contribution in [1.82, 2.24) is 5.32 Å². The highest BCUT2D eigenvalue weighted by Crippen LogP contribution is 2.69. The molecule has 2 rings (SSSR count). The fraction of sp³-hybridized carbons (Fsp3) is 0.913. The van der Waals surface area contributed by atoms with Crippen LogP contribution < -0.4 is 5.32 Å². The molecule has 6 unspecified atom stereocenters. The second kappa shape index (κ2) is 7.75. The van der Waals surface area contributed by atoms with Crippen molar-refractivity contribution in [3.05, 3.63) is 0 Å². The molecule has 4 heteroatoms. The maximum atomic E-state index is 12.4. The number of amides is 1. The summed E-state index contributed by atoms with van der Waals surface area (Å²) in [6, 6.07) is 0. The Morgan fingerprint density at radius 3 is 2.30 bits per heavy atom. The fourth-order valence-corrected chi connectivity index (χ4v) is 5.76. The summed E-state index contributed by atoms with van der Waals surface area (Å²) in [7, 11) is 0. The van der Waals surface area contributed by atoms with Crippen molar-refractivity contribution in [1.29, 1.82) is 0 Å². The van der Waals surface area contributed by atoms with E-state index in [1.54, 1.807) is 0 Å². The summed E-state index contributed by atoms with van der Waals surface area (Å²) in [5, 5.41) is 3.07. The number of alkyl carbamates (subject to hydrolysis) is 1. The van der Waals surface area contributed by atoms with E-state index in [4.69, 9.17) is 4.74 Å². The largest absolute Gasteiger partial charge is 0.444 e. The number of carbonyl (C=O) groups is 2. The van der Waals surface area contributed by atoms with Crippen LogP contribution in [0.4, 0.5) is 4.79 Å². The minimum Gasteiger partial charge on any atom is -0.444 e. The Hall–Kier alpha value is -1.06. The second-order valence-electron chi connectivity index (χ2n) is 10.8. The molecule has 2 saturated carbocycles. The van der Waals surface area contributed by atoms with Gasteiger partial charge in [0.1, 0.15) is 11.9 Å². The van der Waals surface area contributed by atoms with Crippen molar-refractivity contribution >= 4 is 12.4 Å². The SMILES string of the molecule is CCC(C(C)C)C1CC1(C)C1CCC1C(C)(CC=O)NC(=O)OC(C)(C)C. The van der Waals surface area contributed by atoms with Crippen molar-refractivity contribution in [2.75, 3.05) is 0 Å². The Morgan fingerprint density at radius 1 is 1.26 bits per heavy atom. The van der Waals surface area contributed by atoms with Crippen molar-refractivity contribution in [2.45, 2.75) is 98.6 Å². The molecule has 4 nitrogen and oxygen atoms in total. The van der Waals surface area contributed by atoms with Gasteiger partial charge in [0.15, 0.2) is 0 Å². The second-order valence-corrected chi connectivity index (χ2v) is 10.8. The zero-order chi connectivity index (χ0) is 20.6. The minimum absolute atomic E-state index is 0.342. The van der Waals surface area contributed by atoms with Gasteiger partial charge in [-0.15, -0.1) is 0 Å². The molecular formula is C23H41NO3. The van der Waals surface area contributed by atoms with Crippen LogP contribution in [0.3, 0.4) is 0 Å². The fourth-order valence-electron chi connectivity index (χ4n) is 5.76. The van der Waals surface area contributed by atoms with E-state index in [0.717, 1.165) is 24.5 Å². The lowest BCUT2D eigenvalue weighted by molar-refractivity contribution is -0.110. The Balaban J connectivity index is 2.12. The lowest BCUT2D eigenvalue weighted by Gasteiger charge is -2.51. The first-order valence-corrected chi connectivity index (χ1v) is 10.8. The summed E-state index contributed by atoms with van der Waals surface area (Å²) in [6.45, 7) is 17.0. The average Bonchev–Trinajstić information content (AvgIpc) is 3.06. The molecule has 2 aliphatic carbocycles. The maximum Gasteiger partial charge on any atom is 0.408 e. The van der Waals surface area contributed by atoms with Crippen LogP contribution in [-0.4, -0.2) is 23.5 Å². The zero-order valence-electron chi connectivity index (χ0n) is 18.7. The summed E-state index contributed by atoms with van der Waals surface area (Å²) in [6.07, 6.45) is 5.68. The number of hydrogen-bond acceptors (Lipinski definition) is 3. The van der Waals surface area contributed by atoms with Gasteiger partial charge in [0, 0.05) is 6.42 Å². The van der Waals surface area contributed by atoms with E-state index < -0.39 is 17.2 Å². The quantitative estimate of drug-likeness (QED) is 0.559. The van der Waals surface area contributed by atoms with Crippen LogP contribution in [0.15, 0.2) is 0 Å². The smallest absolute Gasteiger partial charge is 0.408 e. The Labute approximate surface area is 166 Å². The predicted octanol–water partition coefficient (Wildman–Crippen LogP) is 5.59. The number of aldehydes is 1. The van der Waals surface area contributed by atoms with Gasteiger partial charge < -0.3 is 14.8 Å². The van der Waals surface area contributed by atoms with Crippen molar-refractivity contribution in [3.63, 3.8) is 0 Å².